The Hall–Kier alpha value is -2.94. The lowest BCUT2D eigenvalue weighted by molar-refractivity contribution is 1.14. The fourth-order valence-electron chi connectivity index (χ4n) is 3.11. The van der Waals surface area contributed by atoms with Crippen molar-refractivity contribution in [3.8, 4) is 22.4 Å². The molecular weight excluding hydrogens is 294 g/mol. The Morgan fingerprint density at radius 3 is 2.75 bits per heavy atom. The van der Waals surface area contributed by atoms with E-state index in [0.717, 1.165) is 45.5 Å². The highest BCUT2D eigenvalue weighted by Gasteiger charge is 2.10. The minimum Gasteiger partial charge on any atom is -0.344 e. The molecule has 0 radical (unpaired) electrons. The first kappa shape index (κ1) is 14.6. The zero-order valence-corrected chi connectivity index (χ0v) is 13.9. The summed E-state index contributed by atoms with van der Waals surface area (Å²) in [6.45, 7) is 4.22. The lowest BCUT2D eigenvalue weighted by Crippen LogP contribution is -1.91. The van der Waals surface area contributed by atoms with Crippen LogP contribution in [0, 0.1) is 6.92 Å². The summed E-state index contributed by atoms with van der Waals surface area (Å²) in [4.78, 5) is 12.5. The third-order valence-corrected chi connectivity index (χ3v) is 4.33. The van der Waals surface area contributed by atoms with Crippen molar-refractivity contribution in [3.63, 3.8) is 0 Å². The van der Waals surface area contributed by atoms with Gasteiger partial charge in [0.15, 0.2) is 0 Å². The number of pyridine rings is 2. The first-order valence-electron chi connectivity index (χ1n) is 8.24. The number of H-pyrrole nitrogens is 1. The van der Waals surface area contributed by atoms with Gasteiger partial charge >= 0.3 is 0 Å². The van der Waals surface area contributed by atoms with E-state index >= 15 is 0 Å². The molecule has 3 heteroatoms. The van der Waals surface area contributed by atoms with E-state index in [-0.39, 0.29) is 0 Å². The molecule has 0 saturated heterocycles. The van der Waals surface area contributed by atoms with Crippen LogP contribution in [0.25, 0.3) is 33.4 Å². The zero-order chi connectivity index (χ0) is 16.5. The molecule has 4 rings (SSSR count). The number of benzene rings is 1. The highest BCUT2D eigenvalue weighted by Crippen LogP contribution is 2.31. The number of aromatic amines is 1. The topological polar surface area (TPSA) is 41.6 Å². The number of aryl methyl sites for hydroxylation is 2. The predicted octanol–water partition coefficient (Wildman–Crippen LogP) is 5.16. The van der Waals surface area contributed by atoms with E-state index in [0.29, 0.717) is 0 Å². The molecule has 0 saturated carbocycles. The summed E-state index contributed by atoms with van der Waals surface area (Å²) < 4.78 is 0. The molecule has 0 fully saturated rings. The van der Waals surface area contributed by atoms with Gasteiger partial charge in [-0.2, -0.15) is 0 Å². The van der Waals surface area contributed by atoms with E-state index in [1.165, 1.54) is 5.56 Å². The molecule has 3 aromatic heterocycles. The summed E-state index contributed by atoms with van der Waals surface area (Å²) in [6, 6.07) is 17.0. The molecule has 24 heavy (non-hydrogen) atoms. The Labute approximate surface area is 141 Å². The first-order valence-corrected chi connectivity index (χ1v) is 8.24. The summed E-state index contributed by atoms with van der Waals surface area (Å²) in [7, 11) is 0. The minimum atomic E-state index is 0.926. The van der Waals surface area contributed by atoms with Gasteiger partial charge in [-0.25, -0.2) is 4.98 Å². The van der Waals surface area contributed by atoms with E-state index < -0.39 is 0 Å². The Morgan fingerprint density at radius 2 is 1.88 bits per heavy atom. The van der Waals surface area contributed by atoms with Crippen LogP contribution >= 0.6 is 0 Å². The van der Waals surface area contributed by atoms with Gasteiger partial charge in [0.1, 0.15) is 5.65 Å². The van der Waals surface area contributed by atoms with Gasteiger partial charge < -0.3 is 4.98 Å². The van der Waals surface area contributed by atoms with Gasteiger partial charge in [0.25, 0.3) is 0 Å². The molecule has 0 amide bonds. The number of nitrogens with one attached hydrogen (secondary N) is 1. The van der Waals surface area contributed by atoms with Crippen LogP contribution in [-0.4, -0.2) is 15.0 Å². The fraction of sp³-hybridized carbons (Fsp3) is 0.143. The lowest BCUT2D eigenvalue weighted by Gasteiger charge is -2.10. The van der Waals surface area contributed by atoms with Crippen molar-refractivity contribution in [1.82, 2.24) is 15.0 Å². The lowest BCUT2D eigenvalue weighted by atomic mass is 9.98. The monoisotopic (exact) mass is 313 g/mol. The van der Waals surface area contributed by atoms with Crippen molar-refractivity contribution in [1.29, 1.82) is 0 Å². The minimum absolute atomic E-state index is 0.926. The molecule has 0 aliphatic rings. The van der Waals surface area contributed by atoms with Crippen LogP contribution in [0.3, 0.4) is 0 Å². The summed E-state index contributed by atoms with van der Waals surface area (Å²) >= 11 is 0. The molecule has 118 valence electrons. The van der Waals surface area contributed by atoms with Crippen molar-refractivity contribution < 1.29 is 0 Å². The SMILES string of the molecule is CCc1cccc(-c2ncccc2-c2cnc3[nH]c(C)cc3c2)c1. The Bertz CT molecular complexity index is 1010. The maximum atomic E-state index is 4.65. The Balaban J connectivity index is 1.88. The van der Waals surface area contributed by atoms with Crippen LogP contribution in [0.15, 0.2) is 60.9 Å². The van der Waals surface area contributed by atoms with Crippen LogP contribution < -0.4 is 0 Å². The standard InChI is InChI=1S/C21H19N3/c1-3-15-6-4-7-16(11-15)20-19(8-5-9-22-20)18-12-17-10-14(2)24-21(17)23-13-18/h4-13H,3H2,1-2H3,(H,23,24). The molecular formula is C21H19N3. The maximum absolute atomic E-state index is 4.65. The third-order valence-electron chi connectivity index (χ3n) is 4.33. The van der Waals surface area contributed by atoms with Crippen LogP contribution in [0.4, 0.5) is 0 Å². The van der Waals surface area contributed by atoms with E-state index in [4.69, 9.17) is 0 Å². The second kappa shape index (κ2) is 5.93. The van der Waals surface area contributed by atoms with E-state index in [1.54, 1.807) is 0 Å². The van der Waals surface area contributed by atoms with Gasteiger partial charge in [-0.05, 0) is 43.2 Å². The Kier molecular flexibility index (Phi) is 3.62. The number of hydrogen-bond acceptors (Lipinski definition) is 2. The van der Waals surface area contributed by atoms with Crippen molar-refractivity contribution in [2.75, 3.05) is 0 Å². The first-order chi connectivity index (χ1) is 11.7. The van der Waals surface area contributed by atoms with Crippen LogP contribution in [0.2, 0.25) is 0 Å². The van der Waals surface area contributed by atoms with Gasteiger partial charge in [0.05, 0.1) is 5.69 Å². The Morgan fingerprint density at radius 1 is 0.958 bits per heavy atom. The maximum Gasteiger partial charge on any atom is 0.137 e. The number of fused-ring (bicyclic) bond motifs is 1. The van der Waals surface area contributed by atoms with Crippen molar-refractivity contribution >= 4 is 11.0 Å². The largest absolute Gasteiger partial charge is 0.344 e. The summed E-state index contributed by atoms with van der Waals surface area (Å²) in [6.07, 6.45) is 4.79. The third kappa shape index (κ3) is 2.58. The molecule has 0 aliphatic heterocycles. The molecule has 4 aromatic rings. The summed E-state index contributed by atoms with van der Waals surface area (Å²) in [5.74, 6) is 0. The molecule has 0 atom stereocenters. The summed E-state index contributed by atoms with van der Waals surface area (Å²) in [5, 5.41) is 1.13. The molecule has 0 unspecified atom stereocenters. The second-order valence-corrected chi connectivity index (χ2v) is 6.07. The molecule has 3 nitrogen and oxygen atoms in total. The average Bonchev–Trinajstić information content (AvgIpc) is 3.01. The normalized spacial score (nSPS) is 11.1. The van der Waals surface area contributed by atoms with Crippen LogP contribution in [0.5, 0.6) is 0 Å². The smallest absolute Gasteiger partial charge is 0.137 e. The molecule has 1 N–H and O–H groups in total. The van der Waals surface area contributed by atoms with Crippen LogP contribution in [0.1, 0.15) is 18.2 Å². The van der Waals surface area contributed by atoms with Crippen molar-refractivity contribution in [2.24, 2.45) is 0 Å². The number of rotatable bonds is 3. The van der Waals surface area contributed by atoms with Gasteiger partial charge in [-0.15, -0.1) is 0 Å². The molecule has 0 spiro atoms. The molecule has 0 aliphatic carbocycles. The van der Waals surface area contributed by atoms with Gasteiger partial charge in [0, 0.05) is 40.2 Å². The van der Waals surface area contributed by atoms with Crippen molar-refractivity contribution in [3.05, 3.63) is 72.2 Å². The fourth-order valence-corrected chi connectivity index (χ4v) is 3.11. The predicted molar refractivity (Wildman–Crippen MR) is 98.9 cm³/mol. The second-order valence-electron chi connectivity index (χ2n) is 6.07. The number of nitrogens with zero attached hydrogens (tertiary/aromatic N) is 2. The van der Waals surface area contributed by atoms with E-state index in [2.05, 4.69) is 64.3 Å². The average molecular weight is 313 g/mol. The zero-order valence-electron chi connectivity index (χ0n) is 13.9. The van der Waals surface area contributed by atoms with E-state index in [1.807, 2.05) is 25.4 Å². The molecule has 1 aromatic carbocycles. The summed E-state index contributed by atoms with van der Waals surface area (Å²) in [5.41, 5.74) is 7.72. The highest BCUT2D eigenvalue weighted by molar-refractivity contribution is 5.86. The van der Waals surface area contributed by atoms with Gasteiger partial charge in [-0.3, -0.25) is 4.98 Å². The molecule has 0 bridgehead atoms. The van der Waals surface area contributed by atoms with Crippen LogP contribution in [-0.2, 0) is 6.42 Å². The van der Waals surface area contributed by atoms with E-state index in [9.17, 15) is 0 Å². The molecule has 3 heterocycles. The number of hydrogen-bond donors (Lipinski definition) is 1. The van der Waals surface area contributed by atoms with Gasteiger partial charge in [0.2, 0.25) is 0 Å². The van der Waals surface area contributed by atoms with Gasteiger partial charge in [-0.1, -0.05) is 31.2 Å². The quantitative estimate of drug-likeness (QED) is 0.567. The highest BCUT2D eigenvalue weighted by atomic mass is 14.8. The van der Waals surface area contributed by atoms with Crippen molar-refractivity contribution in [2.45, 2.75) is 20.3 Å². The number of aromatic nitrogens is 3.